The highest BCUT2D eigenvalue weighted by Crippen LogP contribution is 2.17. The second kappa shape index (κ2) is 3.34. The van der Waals surface area contributed by atoms with E-state index in [1.165, 1.54) is 0 Å². The van der Waals surface area contributed by atoms with Gasteiger partial charge >= 0.3 is 0 Å². The summed E-state index contributed by atoms with van der Waals surface area (Å²) in [6, 6.07) is 7.26. The maximum absolute atomic E-state index is 11.8. The van der Waals surface area contributed by atoms with Crippen LogP contribution in [0.5, 0.6) is 0 Å². The zero-order valence-corrected chi connectivity index (χ0v) is 9.38. The van der Waals surface area contributed by atoms with Crippen LogP contribution in [0, 0.1) is 0 Å². The molecule has 1 aromatic heterocycles. The summed E-state index contributed by atoms with van der Waals surface area (Å²) in [6.45, 7) is 3.28. The first-order chi connectivity index (χ1) is 7.01. The van der Waals surface area contributed by atoms with E-state index in [0.717, 1.165) is 5.52 Å². The van der Waals surface area contributed by atoms with Gasteiger partial charge in [-0.15, -0.1) is 0 Å². The lowest BCUT2D eigenvalue weighted by molar-refractivity contribution is 0.580. The number of fused-ring (bicyclic) bond motifs is 1. The van der Waals surface area contributed by atoms with Crippen molar-refractivity contribution in [3.05, 3.63) is 24.3 Å². The van der Waals surface area contributed by atoms with Crippen molar-refractivity contribution in [3.63, 3.8) is 0 Å². The van der Waals surface area contributed by atoms with Gasteiger partial charge in [-0.25, -0.2) is 13.4 Å². The molecule has 0 saturated heterocycles. The highest BCUT2D eigenvalue weighted by atomic mass is 32.2. The van der Waals surface area contributed by atoms with Crippen molar-refractivity contribution in [1.82, 2.24) is 9.97 Å². The van der Waals surface area contributed by atoms with Gasteiger partial charge in [0.15, 0.2) is 0 Å². The lowest BCUT2D eigenvalue weighted by Gasteiger charge is -2.02. The number of nitrogens with zero attached hydrogens (tertiary/aromatic N) is 1. The van der Waals surface area contributed by atoms with Crippen LogP contribution in [-0.4, -0.2) is 23.6 Å². The van der Waals surface area contributed by atoms with Gasteiger partial charge in [0.05, 0.1) is 16.3 Å². The van der Waals surface area contributed by atoms with E-state index in [1.54, 1.807) is 19.9 Å². The molecule has 0 radical (unpaired) electrons. The fourth-order valence-corrected chi connectivity index (χ4v) is 2.21. The third-order valence-corrected chi connectivity index (χ3v) is 4.23. The van der Waals surface area contributed by atoms with E-state index in [9.17, 15) is 8.42 Å². The molecule has 2 aromatic rings. The van der Waals surface area contributed by atoms with E-state index in [4.69, 9.17) is 0 Å². The number of imidazole rings is 1. The zero-order chi connectivity index (χ0) is 11.1. The summed E-state index contributed by atoms with van der Waals surface area (Å²) in [5.41, 5.74) is 1.42. The minimum atomic E-state index is -3.31. The minimum Gasteiger partial charge on any atom is -0.329 e. The van der Waals surface area contributed by atoms with Crippen LogP contribution < -0.4 is 0 Å². The highest BCUT2D eigenvalue weighted by Gasteiger charge is 2.22. The SMILES string of the molecule is CC(C)S(=O)(=O)c1nc2ccccc2[nH]1. The molecule has 0 unspecified atom stereocenters. The number of para-hydroxylation sites is 2. The molecule has 0 fully saturated rings. The third kappa shape index (κ3) is 1.63. The number of H-pyrrole nitrogens is 1. The molecule has 5 heteroatoms. The number of hydrogen-bond donors (Lipinski definition) is 1. The molecule has 1 aromatic carbocycles. The minimum absolute atomic E-state index is 0.0544. The summed E-state index contributed by atoms with van der Waals surface area (Å²) >= 11 is 0. The number of rotatable bonds is 2. The fourth-order valence-electron chi connectivity index (χ4n) is 1.29. The Hall–Kier alpha value is -1.36. The summed E-state index contributed by atoms with van der Waals surface area (Å²) in [7, 11) is -3.31. The zero-order valence-electron chi connectivity index (χ0n) is 8.56. The van der Waals surface area contributed by atoms with E-state index in [2.05, 4.69) is 9.97 Å². The van der Waals surface area contributed by atoms with Gasteiger partial charge in [0.1, 0.15) is 0 Å². The fraction of sp³-hybridized carbons (Fsp3) is 0.300. The number of benzene rings is 1. The van der Waals surface area contributed by atoms with Crippen LogP contribution in [0.4, 0.5) is 0 Å². The van der Waals surface area contributed by atoms with Gasteiger partial charge in [0, 0.05) is 0 Å². The number of nitrogens with one attached hydrogen (secondary N) is 1. The molecule has 0 aliphatic carbocycles. The molecular formula is C10H12N2O2S. The monoisotopic (exact) mass is 224 g/mol. The molecule has 0 atom stereocenters. The quantitative estimate of drug-likeness (QED) is 0.845. The first kappa shape index (κ1) is 10.2. The first-order valence-corrected chi connectivity index (χ1v) is 6.25. The Bertz CT molecular complexity index is 551. The summed E-state index contributed by atoms with van der Waals surface area (Å²) in [5.74, 6) is 0. The third-order valence-electron chi connectivity index (χ3n) is 2.26. The van der Waals surface area contributed by atoms with Crippen molar-refractivity contribution >= 4 is 20.9 Å². The second-order valence-corrected chi connectivity index (χ2v) is 6.07. The smallest absolute Gasteiger partial charge is 0.226 e. The molecular weight excluding hydrogens is 212 g/mol. The average molecular weight is 224 g/mol. The van der Waals surface area contributed by atoms with Crippen molar-refractivity contribution in [3.8, 4) is 0 Å². The Kier molecular flexibility index (Phi) is 2.26. The van der Waals surface area contributed by atoms with Gasteiger partial charge in [0.25, 0.3) is 0 Å². The van der Waals surface area contributed by atoms with E-state index in [-0.39, 0.29) is 5.16 Å². The van der Waals surface area contributed by atoms with Crippen molar-refractivity contribution in [2.24, 2.45) is 0 Å². The maximum Gasteiger partial charge on any atom is 0.226 e. The molecule has 0 amide bonds. The lowest BCUT2D eigenvalue weighted by Crippen LogP contribution is -2.15. The number of aromatic nitrogens is 2. The first-order valence-electron chi connectivity index (χ1n) is 4.70. The largest absolute Gasteiger partial charge is 0.329 e. The van der Waals surface area contributed by atoms with Gasteiger partial charge in [-0.1, -0.05) is 12.1 Å². The molecule has 15 heavy (non-hydrogen) atoms. The van der Waals surface area contributed by atoms with Crippen LogP contribution in [0.2, 0.25) is 0 Å². The van der Waals surface area contributed by atoms with E-state index in [0.29, 0.717) is 5.52 Å². The Morgan fingerprint density at radius 2 is 1.93 bits per heavy atom. The molecule has 1 heterocycles. The van der Waals surface area contributed by atoms with Gasteiger partial charge in [-0.05, 0) is 26.0 Å². The average Bonchev–Trinajstić information content (AvgIpc) is 2.61. The van der Waals surface area contributed by atoms with Crippen LogP contribution in [0.25, 0.3) is 11.0 Å². The van der Waals surface area contributed by atoms with Crippen molar-refractivity contribution in [2.75, 3.05) is 0 Å². The van der Waals surface area contributed by atoms with E-state index >= 15 is 0 Å². The Morgan fingerprint density at radius 1 is 1.27 bits per heavy atom. The molecule has 0 saturated carbocycles. The summed E-state index contributed by atoms with van der Waals surface area (Å²) in [5, 5.41) is -0.406. The highest BCUT2D eigenvalue weighted by molar-refractivity contribution is 7.91. The second-order valence-electron chi connectivity index (χ2n) is 3.65. The number of aromatic amines is 1. The van der Waals surface area contributed by atoms with Gasteiger partial charge in [0.2, 0.25) is 15.0 Å². The Morgan fingerprint density at radius 3 is 2.53 bits per heavy atom. The number of hydrogen-bond acceptors (Lipinski definition) is 3. The van der Waals surface area contributed by atoms with E-state index < -0.39 is 15.1 Å². The Labute approximate surface area is 88.3 Å². The van der Waals surface area contributed by atoms with Crippen LogP contribution >= 0.6 is 0 Å². The number of sulfone groups is 1. The summed E-state index contributed by atoms with van der Waals surface area (Å²) in [4.78, 5) is 6.88. The van der Waals surface area contributed by atoms with Crippen molar-refractivity contribution < 1.29 is 8.42 Å². The molecule has 0 aliphatic rings. The molecule has 4 nitrogen and oxygen atoms in total. The standard InChI is InChI=1S/C10H12N2O2S/c1-7(2)15(13,14)10-11-8-5-3-4-6-9(8)12-10/h3-7H,1-2H3,(H,11,12). The summed E-state index contributed by atoms with van der Waals surface area (Å²) in [6.07, 6.45) is 0. The lowest BCUT2D eigenvalue weighted by atomic mass is 10.3. The predicted octanol–water partition coefficient (Wildman–Crippen LogP) is 1.74. The van der Waals surface area contributed by atoms with Crippen LogP contribution in [-0.2, 0) is 9.84 Å². The molecule has 0 aliphatic heterocycles. The van der Waals surface area contributed by atoms with Crippen LogP contribution in [0.3, 0.4) is 0 Å². The molecule has 2 rings (SSSR count). The normalized spacial score (nSPS) is 12.5. The predicted molar refractivity (Wildman–Crippen MR) is 58.4 cm³/mol. The van der Waals surface area contributed by atoms with Gasteiger partial charge in [-0.2, -0.15) is 0 Å². The Balaban J connectivity index is 2.64. The molecule has 0 bridgehead atoms. The van der Waals surface area contributed by atoms with Crippen LogP contribution in [0.1, 0.15) is 13.8 Å². The topological polar surface area (TPSA) is 62.8 Å². The molecule has 0 spiro atoms. The van der Waals surface area contributed by atoms with Gasteiger partial charge < -0.3 is 4.98 Å². The van der Waals surface area contributed by atoms with Crippen molar-refractivity contribution in [1.29, 1.82) is 0 Å². The van der Waals surface area contributed by atoms with Crippen molar-refractivity contribution in [2.45, 2.75) is 24.3 Å². The molecule has 80 valence electrons. The van der Waals surface area contributed by atoms with Gasteiger partial charge in [-0.3, -0.25) is 0 Å². The van der Waals surface area contributed by atoms with E-state index in [1.807, 2.05) is 18.2 Å². The summed E-state index contributed by atoms with van der Waals surface area (Å²) < 4.78 is 23.6. The van der Waals surface area contributed by atoms with Crippen LogP contribution in [0.15, 0.2) is 29.4 Å². The molecule has 1 N–H and O–H groups in total. The maximum atomic E-state index is 11.8.